The average Bonchev–Trinajstić information content (AvgIpc) is 2.49. The first-order valence-electron chi connectivity index (χ1n) is 6.83. The predicted molar refractivity (Wildman–Crippen MR) is 79.6 cm³/mol. The van der Waals surface area contributed by atoms with E-state index in [9.17, 15) is 9.59 Å². The van der Waals surface area contributed by atoms with Crippen LogP contribution in [0.25, 0.3) is 0 Å². The summed E-state index contributed by atoms with van der Waals surface area (Å²) in [6.07, 6.45) is 5.22. The van der Waals surface area contributed by atoms with E-state index in [4.69, 9.17) is 11.2 Å². The number of hydrogen-bond acceptors (Lipinski definition) is 3. The van der Waals surface area contributed by atoms with Gasteiger partial charge in [-0.05, 0) is 32.0 Å². The van der Waals surface area contributed by atoms with Crippen LogP contribution in [0.5, 0.6) is 0 Å². The van der Waals surface area contributed by atoms with Crippen LogP contribution in [0, 0.1) is 12.3 Å². The van der Waals surface area contributed by atoms with Gasteiger partial charge >= 0.3 is 11.8 Å². The first kappa shape index (κ1) is 15.1. The van der Waals surface area contributed by atoms with E-state index in [0.29, 0.717) is 24.4 Å². The summed E-state index contributed by atoms with van der Waals surface area (Å²) in [5.74, 6) is 1.27. The van der Waals surface area contributed by atoms with Crippen LogP contribution >= 0.6 is 0 Å². The lowest BCUT2D eigenvalue weighted by atomic mass is 10.1. The molecule has 2 amide bonds. The molecule has 1 fully saturated rings. The average molecular weight is 286 g/mol. The van der Waals surface area contributed by atoms with Crippen molar-refractivity contribution < 1.29 is 14.3 Å². The highest BCUT2D eigenvalue weighted by Gasteiger charge is 2.32. The number of benzene rings is 1. The van der Waals surface area contributed by atoms with E-state index in [1.165, 1.54) is 4.90 Å². The lowest BCUT2D eigenvalue weighted by Crippen LogP contribution is -2.54. The molecule has 110 valence electrons. The Hall–Kier alpha value is -2.32. The molecule has 0 saturated carbocycles. The SMILES string of the molecule is C#Cc1cccc(NC(=O)C(=O)N2CCO[C@H](C)[C@@H]2C)c1. The number of morpholine rings is 1. The Morgan fingerprint density at radius 2 is 2.19 bits per heavy atom. The molecular formula is C16H18N2O3. The van der Waals surface area contributed by atoms with Gasteiger partial charge in [0.2, 0.25) is 0 Å². The van der Waals surface area contributed by atoms with Gasteiger partial charge in [0.05, 0.1) is 18.8 Å². The third-order valence-electron chi connectivity index (χ3n) is 3.63. The van der Waals surface area contributed by atoms with E-state index in [0.717, 1.165) is 0 Å². The van der Waals surface area contributed by atoms with E-state index in [-0.39, 0.29) is 12.1 Å². The molecule has 1 heterocycles. The van der Waals surface area contributed by atoms with Crippen molar-refractivity contribution in [3.63, 3.8) is 0 Å². The van der Waals surface area contributed by atoms with Gasteiger partial charge in [0.1, 0.15) is 0 Å². The minimum atomic E-state index is -0.662. The van der Waals surface area contributed by atoms with E-state index in [1.54, 1.807) is 24.3 Å². The molecule has 5 heteroatoms. The maximum absolute atomic E-state index is 12.2. The van der Waals surface area contributed by atoms with Crippen LogP contribution in [0.1, 0.15) is 19.4 Å². The molecule has 1 saturated heterocycles. The Labute approximate surface area is 124 Å². The van der Waals surface area contributed by atoms with E-state index in [1.807, 2.05) is 13.8 Å². The number of anilines is 1. The molecular weight excluding hydrogens is 268 g/mol. The topological polar surface area (TPSA) is 58.6 Å². The number of carbonyl (C=O) groups is 2. The lowest BCUT2D eigenvalue weighted by molar-refractivity contribution is -0.152. The fraction of sp³-hybridized carbons (Fsp3) is 0.375. The van der Waals surface area contributed by atoms with Crippen molar-refractivity contribution in [3.8, 4) is 12.3 Å². The number of nitrogens with zero attached hydrogens (tertiary/aromatic N) is 1. The van der Waals surface area contributed by atoms with Crippen molar-refractivity contribution in [2.75, 3.05) is 18.5 Å². The van der Waals surface area contributed by atoms with E-state index < -0.39 is 11.8 Å². The molecule has 21 heavy (non-hydrogen) atoms. The van der Waals surface area contributed by atoms with Crippen LogP contribution in [-0.2, 0) is 14.3 Å². The fourth-order valence-electron chi connectivity index (χ4n) is 2.22. The number of terminal acetylenes is 1. The van der Waals surface area contributed by atoms with E-state index >= 15 is 0 Å². The Balaban J connectivity index is 2.05. The predicted octanol–water partition coefficient (Wildman–Crippen LogP) is 1.24. The van der Waals surface area contributed by atoms with Crippen molar-refractivity contribution in [2.24, 2.45) is 0 Å². The molecule has 1 N–H and O–H groups in total. The summed E-state index contributed by atoms with van der Waals surface area (Å²) in [6.45, 7) is 4.62. The fourth-order valence-corrected chi connectivity index (χ4v) is 2.22. The van der Waals surface area contributed by atoms with Gasteiger partial charge in [-0.2, -0.15) is 0 Å². The zero-order valence-corrected chi connectivity index (χ0v) is 12.1. The highest BCUT2D eigenvalue weighted by atomic mass is 16.5. The van der Waals surface area contributed by atoms with Gasteiger partial charge < -0.3 is 15.0 Å². The molecule has 1 aromatic carbocycles. The summed E-state index contributed by atoms with van der Waals surface area (Å²) in [7, 11) is 0. The van der Waals surface area contributed by atoms with Crippen molar-refractivity contribution in [1.29, 1.82) is 0 Å². The molecule has 0 aromatic heterocycles. The Kier molecular flexibility index (Phi) is 4.61. The Bertz CT molecular complexity index is 591. The van der Waals surface area contributed by atoms with Crippen molar-refractivity contribution in [2.45, 2.75) is 26.0 Å². The number of carbonyl (C=O) groups excluding carboxylic acids is 2. The van der Waals surface area contributed by atoms with Crippen molar-refractivity contribution >= 4 is 17.5 Å². The Morgan fingerprint density at radius 3 is 2.90 bits per heavy atom. The van der Waals surface area contributed by atoms with Crippen LogP contribution in [0.2, 0.25) is 0 Å². The van der Waals surface area contributed by atoms with Crippen molar-refractivity contribution in [1.82, 2.24) is 4.90 Å². The van der Waals surface area contributed by atoms with Crippen LogP contribution in [0.4, 0.5) is 5.69 Å². The van der Waals surface area contributed by atoms with Gasteiger partial charge in [-0.3, -0.25) is 9.59 Å². The third-order valence-corrected chi connectivity index (χ3v) is 3.63. The number of rotatable bonds is 1. The molecule has 1 aliphatic rings. The molecule has 0 spiro atoms. The molecule has 0 bridgehead atoms. The largest absolute Gasteiger partial charge is 0.375 e. The minimum Gasteiger partial charge on any atom is -0.375 e. The summed E-state index contributed by atoms with van der Waals surface area (Å²) < 4.78 is 5.45. The number of nitrogens with one attached hydrogen (secondary N) is 1. The summed E-state index contributed by atoms with van der Waals surface area (Å²) in [6, 6.07) is 6.69. The second-order valence-corrected chi connectivity index (χ2v) is 4.99. The molecule has 2 rings (SSSR count). The van der Waals surface area contributed by atoms with Gasteiger partial charge in [0.25, 0.3) is 0 Å². The molecule has 2 atom stereocenters. The van der Waals surface area contributed by atoms with E-state index in [2.05, 4.69) is 11.2 Å². The van der Waals surface area contributed by atoms with Gasteiger partial charge in [0.15, 0.2) is 0 Å². The standard InChI is InChI=1S/C16H18N2O3/c1-4-13-6-5-7-14(10-13)17-15(19)16(20)18-8-9-21-12(3)11(18)2/h1,5-7,10-12H,8-9H2,2-3H3,(H,17,19)/t11-,12+/m0/s1. The van der Waals surface area contributed by atoms with Gasteiger partial charge in [-0.25, -0.2) is 0 Å². The van der Waals surface area contributed by atoms with Crippen LogP contribution < -0.4 is 5.32 Å². The van der Waals surface area contributed by atoms with Gasteiger partial charge in [-0.15, -0.1) is 6.42 Å². The smallest absolute Gasteiger partial charge is 0.313 e. The van der Waals surface area contributed by atoms with Crippen molar-refractivity contribution in [3.05, 3.63) is 29.8 Å². The second kappa shape index (κ2) is 6.42. The monoisotopic (exact) mass is 286 g/mol. The minimum absolute atomic E-state index is 0.0831. The van der Waals surface area contributed by atoms with Gasteiger partial charge in [0, 0.05) is 17.8 Å². The van der Waals surface area contributed by atoms with Gasteiger partial charge in [-0.1, -0.05) is 12.0 Å². The highest BCUT2D eigenvalue weighted by Crippen LogP contribution is 2.15. The summed E-state index contributed by atoms with van der Waals surface area (Å²) in [4.78, 5) is 25.8. The normalized spacial score (nSPS) is 21.5. The maximum Gasteiger partial charge on any atom is 0.313 e. The molecule has 1 aliphatic heterocycles. The summed E-state index contributed by atoms with van der Waals surface area (Å²) >= 11 is 0. The number of ether oxygens (including phenoxy) is 1. The Morgan fingerprint density at radius 1 is 1.43 bits per heavy atom. The summed E-state index contributed by atoms with van der Waals surface area (Å²) in [5, 5.41) is 2.58. The molecule has 0 aliphatic carbocycles. The third kappa shape index (κ3) is 3.41. The molecule has 1 aromatic rings. The molecule has 0 unspecified atom stereocenters. The van der Waals surface area contributed by atoms with Crippen LogP contribution in [-0.4, -0.2) is 42.0 Å². The second-order valence-electron chi connectivity index (χ2n) is 4.99. The quantitative estimate of drug-likeness (QED) is 0.624. The zero-order chi connectivity index (χ0) is 15.4. The van der Waals surface area contributed by atoms with Crippen LogP contribution in [0.15, 0.2) is 24.3 Å². The first-order valence-corrected chi connectivity index (χ1v) is 6.83. The summed E-state index contributed by atoms with van der Waals surface area (Å²) in [5.41, 5.74) is 1.16. The lowest BCUT2D eigenvalue weighted by Gasteiger charge is -2.37. The van der Waals surface area contributed by atoms with Crippen LogP contribution in [0.3, 0.4) is 0 Å². The first-order chi connectivity index (χ1) is 10.0. The molecule has 0 radical (unpaired) electrons. The number of amides is 2. The highest BCUT2D eigenvalue weighted by molar-refractivity contribution is 6.39. The zero-order valence-electron chi connectivity index (χ0n) is 12.1. The number of hydrogen-bond donors (Lipinski definition) is 1. The molecule has 5 nitrogen and oxygen atoms in total. The maximum atomic E-state index is 12.2.